The summed E-state index contributed by atoms with van der Waals surface area (Å²) in [6.45, 7) is 1.58. The maximum absolute atomic E-state index is 14.3. The number of alkyl halides is 3. The van der Waals surface area contributed by atoms with E-state index in [0.717, 1.165) is 11.6 Å². The van der Waals surface area contributed by atoms with E-state index in [-0.39, 0.29) is 40.5 Å². The Kier molecular flexibility index (Phi) is 6.65. The van der Waals surface area contributed by atoms with Crippen molar-refractivity contribution in [2.24, 2.45) is 0 Å². The van der Waals surface area contributed by atoms with E-state index in [1.54, 1.807) is 6.92 Å². The molecule has 2 unspecified atom stereocenters. The van der Waals surface area contributed by atoms with Gasteiger partial charge in [-0.05, 0) is 48.6 Å². The first-order valence-electron chi connectivity index (χ1n) is 12.2. The highest BCUT2D eigenvalue weighted by Gasteiger charge is 2.44. The fourth-order valence-electron chi connectivity index (χ4n) is 5.37. The van der Waals surface area contributed by atoms with Gasteiger partial charge in [0.15, 0.2) is 5.78 Å². The van der Waals surface area contributed by atoms with Crippen LogP contribution in [0.3, 0.4) is 0 Å². The highest BCUT2D eigenvalue weighted by molar-refractivity contribution is 6.10. The highest BCUT2D eigenvalue weighted by Crippen LogP contribution is 2.48. The summed E-state index contributed by atoms with van der Waals surface area (Å²) in [5.41, 5.74) is 0.594. The molecule has 0 spiro atoms. The summed E-state index contributed by atoms with van der Waals surface area (Å²) in [6, 6.07) is 19.9. The van der Waals surface area contributed by atoms with Crippen molar-refractivity contribution in [3.05, 3.63) is 124 Å². The number of carbonyl (C=O) groups excluding carboxylic acids is 2. The van der Waals surface area contributed by atoms with Crippen molar-refractivity contribution in [2.75, 3.05) is 5.32 Å². The van der Waals surface area contributed by atoms with Gasteiger partial charge in [0.25, 0.3) is 5.91 Å². The summed E-state index contributed by atoms with van der Waals surface area (Å²) in [6.07, 6.45) is -4.22. The Labute approximate surface area is 217 Å². The maximum Gasteiger partial charge on any atom is 0.416 e. The van der Waals surface area contributed by atoms with E-state index in [9.17, 15) is 27.2 Å². The maximum atomic E-state index is 14.3. The van der Waals surface area contributed by atoms with Gasteiger partial charge in [-0.2, -0.15) is 13.2 Å². The van der Waals surface area contributed by atoms with E-state index < -0.39 is 29.4 Å². The molecule has 38 heavy (non-hydrogen) atoms. The molecule has 5 rings (SSSR count). The number of carbonyl (C=O) groups is 2. The quantitative estimate of drug-likeness (QED) is 0.370. The SMILES string of the molecule is CC1=C(C(=O)Nc2ccccc2F)C(c2ccccc2C(F)(F)F)C2=C(CC(c3ccccc3)CC2=O)N1. The second-order valence-electron chi connectivity index (χ2n) is 9.45. The molecular formula is C30H24F4N2O2. The van der Waals surface area contributed by atoms with Gasteiger partial charge in [0.2, 0.25) is 0 Å². The van der Waals surface area contributed by atoms with E-state index in [0.29, 0.717) is 17.8 Å². The third-order valence-corrected chi connectivity index (χ3v) is 7.04. The summed E-state index contributed by atoms with van der Waals surface area (Å²) < 4.78 is 56.8. The van der Waals surface area contributed by atoms with Gasteiger partial charge in [-0.25, -0.2) is 4.39 Å². The number of para-hydroxylation sites is 1. The van der Waals surface area contributed by atoms with Crippen molar-refractivity contribution in [3.63, 3.8) is 0 Å². The Morgan fingerprint density at radius 3 is 2.29 bits per heavy atom. The summed E-state index contributed by atoms with van der Waals surface area (Å²) >= 11 is 0. The molecule has 1 amide bonds. The number of anilines is 1. The molecule has 0 aromatic heterocycles. The molecule has 2 N–H and O–H groups in total. The molecule has 2 aliphatic rings. The van der Waals surface area contributed by atoms with Crippen molar-refractivity contribution in [1.82, 2.24) is 5.32 Å². The number of Topliss-reactive ketones (excluding diaryl/α,β-unsaturated/α-hetero) is 1. The molecule has 0 bridgehead atoms. The van der Waals surface area contributed by atoms with Crippen LogP contribution in [0.5, 0.6) is 0 Å². The van der Waals surface area contributed by atoms with Gasteiger partial charge in [-0.1, -0.05) is 60.7 Å². The number of nitrogens with one attached hydrogen (secondary N) is 2. The number of ketones is 1. The number of hydrogen-bond acceptors (Lipinski definition) is 3. The summed E-state index contributed by atoms with van der Waals surface area (Å²) in [5, 5.41) is 5.63. The lowest BCUT2D eigenvalue weighted by Gasteiger charge is -2.37. The molecule has 8 heteroatoms. The number of halogens is 4. The Bertz CT molecular complexity index is 1470. The third kappa shape index (κ3) is 4.74. The fourth-order valence-corrected chi connectivity index (χ4v) is 5.37. The van der Waals surface area contributed by atoms with Crippen LogP contribution in [0.2, 0.25) is 0 Å². The van der Waals surface area contributed by atoms with Crippen LogP contribution in [0.15, 0.2) is 101 Å². The summed E-state index contributed by atoms with van der Waals surface area (Å²) in [5.74, 6) is -3.24. The first kappa shape index (κ1) is 25.4. The van der Waals surface area contributed by atoms with Gasteiger partial charge >= 0.3 is 6.18 Å². The standard InChI is InChI=1S/C30H24F4N2O2/c1-17-26(29(38)36-23-14-8-7-13-22(23)31)27(20-11-5-6-12-21(20)30(32,33)34)28-24(35-17)15-19(16-25(28)37)18-9-3-2-4-10-18/h2-14,19,27,35H,15-16H2,1H3,(H,36,38). The molecule has 3 aromatic rings. The molecular weight excluding hydrogens is 496 g/mol. The molecule has 194 valence electrons. The van der Waals surface area contributed by atoms with Crippen molar-refractivity contribution in [2.45, 2.75) is 37.8 Å². The highest BCUT2D eigenvalue weighted by atomic mass is 19.4. The van der Waals surface area contributed by atoms with Gasteiger partial charge < -0.3 is 10.6 Å². The minimum absolute atomic E-state index is 0.0600. The van der Waals surface area contributed by atoms with Gasteiger partial charge in [0.1, 0.15) is 5.82 Å². The monoisotopic (exact) mass is 520 g/mol. The number of hydrogen-bond donors (Lipinski definition) is 2. The number of rotatable bonds is 4. The van der Waals surface area contributed by atoms with Crippen molar-refractivity contribution < 1.29 is 27.2 Å². The topological polar surface area (TPSA) is 58.2 Å². The minimum atomic E-state index is -4.71. The van der Waals surface area contributed by atoms with E-state index in [2.05, 4.69) is 10.6 Å². The Morgan fingerprint density at radius 1 is 0.921 bits per heavy atom. The van der Waals surface area contributed by atoms with E-state index in [1.807, 2.05) is 30.3 Å². The van der Waals surface area contributed by atoms with Crippen LogP contribution < -0.4 is 10.6 Å². The van der Waals surface area contributed by atoms with Crippen LogP contribution in [0.25, 0.3) is 0 Å². The Morgan fingerprint density at radius 2 is 1.58 bits per heavy atom. The Balaban J connectivity index is 1.64. The average Bonchev–Trinajstić information content (AvgIpc) is 2.89. The lowest BCUT2D eigenvalue weighted by molar-refractivity contribution is -0.138. The van der Waals surface area contributed by atoms with Gasteiger partial charge in [-0.3, -0.25) is 9.59 Å². The zero-order valence-corrected chi connectivity index (χ0v) is 20.4. The number of benzene rings is 3. The van der Waals surface area contributed by atoms with Gasteiger partial charge in [0, 0.05) is 34.9 Å². The minimum Gasteiger partial charge on any atom is -0.362 e. The first-order valence-corrected chi connectivity index (χ1v) is 12.2. The van der Waals surface area contributed by atoms with Crippen molar-refractivity contribution in [3.8, 4) is 0 Å². The van der Waals surface area contributed by atoms with Gasteiger partial charge in [0.05, 0.1) is 11.3 Å². The molecule has 1 aliphatic heterocycles. The molecule has 3 aromatic carbocycles. The lowest BCUT2D eigenvalue weighted by Crippen LogP contribution is -2.37. The van der Waals surface area contributed by atoms with E-state index >= 15 is 0 Å². The number of dihydropyridines is 1. The molecule has 0 saturated carbocycles. The zero-order valence-electron chi connectivity index (χ0n) is 20.4. The zero-order chi connectivity index (χ0) is 27.0. The van der Waals surface area contributed by atoms with Crippen LogP contribution in [-0.4, -0.2) is 11.7 Å². The molecule has 0 fully saturated rings. The fraction of sp³-hybridized carbons (Fsp3) is 0.200. The predicted molar refractivity (Wildman–Crippen MR) is 136 cm³/mol. The second kappa shape index (κ2) is 9.93. The Hall–Kier alpha value is -4.20. The summed E-state index contributed by atoms with van der Waals surface area (Å²) in [7, 11) is 0. The second-order valence-corrected chi connectivity index (χ2v) is 9.45. The van der Waals surface area contributed by atoms with Crippen LogP contribution in [0, 0.1) is 5.82 Å². The predicted octanol–water partition coefficient (Wildman–Crippen LogP) is 6.84. The number of allylic oxidation sites excluding steroid dienone is 3. The average molecular weight is 521 g/mol. The molecule has 0 saturated heterocycles. The normalized spacial score (nSPS) is 19.7. The van der Waals surface area contributed by atoms with Crippen LogP contribution in [0.4, 0.5) is 23.2 Å². The van der Waals surface area contributed by atoms with E-state index in [1.165, 1.54) is 42.5 Å². The molecule has 0 radical (unpaired) electrons. The smallest absolute Gasteiger partial charge is 0.362 e. The van der Waals surface area contributed by atoms with Crippen molar-refractivity contribution >= 4 is 17.4 Å². The number of amides is 1. The molecule has 4 nitrogen and oxygen atoms in total. The van der Waals surface area contributed by atoms with E-state index in [4.69, 9.17) is 0 Å². The van der Waals surface area contributed by atoms with Crippen LogP contribution in [-0.2, 0) is 15.8 Å². The first-order chi connectivity index (χ1) is 18.1. The largest absolute Gasteiger partial charge is 0.416 e. The summed E-state index contributed by atoms with van der Waals surface area (Å²) in [4.78, 5) is 27.2. The van der Waals surface area contributed by atoms with Crippen molar-refractivity contribution in [1.29, 1.82) is 0 Å². The van der Waals surface area contributed by atoms with Crippen LogP contribution in [0.1, 0.15) is 48.3 Å². The molecule has 1 heterocycles. The van der Waals surface area contributed by atoms with Gasteiger partial charge in [-0.15, -0.1) is 0 Å². The molecule has 1 aliphatic carbocycles. The molecule has 2 atom stereocenters. The van der Waals surface area contributed by atoms with Crippen LogP contribution >= 0.6 is 0 Å². The third-order valence-electron chi connectivity index (χ3n) is 7.04. The lowest BCUT2D eigenvalue weighted by atomic mass is 9.70.